The van der Waals surface area contributed by atoms with Crippen molar-refractivity contribution in [1.82, 2.24) is 19.9 Å². The maximum Gasteiger partial charge on any atom is 0.356 e. The predicted molar refractivity (Wildman–Crippen MR) is 159 cm³/mol. The standard InChI is InChI=1S/C12H10N4O4.C12H9N3O4.C5H12O4.Ru/c13-19-11(17)7-1-3-15-9(5-7)10-6-8(2-4-16-10)12(18)20-14;13-19-12(18)8-2-4-15-10(6-8)9-5-7(11(16)17)1-3-14-9;1-8-4(6)3-5(7)9-2;/h1-6H,13-14H2;1-6H,13H2,(H,16,17);4-7H,3H2,1-2H3;/p-1. The Balaban J connectivity index is 0.000000390. The number of hydrogen-bond donors (Lipinski definition) is 5. The molecule has 4 heterocycles. The second kappa shape index (κ2) is 21.6. The molecule has 4 aromatic rings. The summed E-state index contributed by atoms with van der Waals surface area (Å²) in [5, 5.41) is 28.2. The monoisotopic (exact) mass is 770 g/mol. The summed E-state index contributed by atoms with van der Waals surface area (Å²) in [5.74, 6) is 11.0. The second-order valence-corrected chi connectivity index (χ2v) is 8.84. The maximum absolute atomic E-state index is 11.3. The molecule has 0 aromatic carbocycles. The smallest absolute Gasteiger partial charge is 0.356 e. The first-order chi connectivity index (χ1) is 23.0. The van der Waals surface area contributed by atoms with Crippen LogP contribution in [-0.4, -0.2) is 80.8 Å². The fraction of sp³-hybridized carbons (Fsp3) is 0.172. The molecule has 20 heteroatoms. The zero-order valence-electron chi connectivity index (χ0n) is 25.6. The molecular formula is C29H30N7O12Ru-. The Morgan fingerprint density at radius 2 is 0.878 bits per heavy atom. The van der Waals surface area contributed by atoms with E-state index in [4.69, 9.17) is 27.9 Å². The number of methoxy groups -OCH3 is 2. The summed E-state index contributed by atoms with van der Waals surface area (Å²) in [6.07, 6.45) is 3.67. The van der Waals surface area contributed by atoms with Crippen LogP contribution in [0.3, 0.4) is 0 Å². The zero-order valence-corrected chi connectivity index (χ0v) is 27.4. The number of ether oxygens (including phenoxy) is 2. The molecule has 49 heavy (non-hydrogen) atoms. The number of carbonyl (C=O) groups excluding carboxylic acids is 4. The van der Waals surface area contributed by atoms with Gasteiger partial charge in [0.25, 0.3) is 0 Å². The summed E-state index contributed by atoms with van der Waals surface area (Å²) in [6, 6.07) is 11.2. The first kappa shape index (κ1) is 41.8. The number of carbonyl (C=O) groups is 4. The van der Waals surface area contributed by atoms with Crippen molar-refractivity contribution in [1.29, 1.82) is 0 Å². The van der Waals surface area contributed by atoms with Gasteiger partial charge < -0.3 is 44.1 Å². The molecule has 4 rings (SSSR count). The summed E-state index contributed by atoms with van der Waals surface area (Å²) in [5.41, 5.74) is 1.96. The van der Waals surface area contributed by atoms with Gasteiger partial charge in [-0.25, -0.2) is 14.4 Å². The quantitative estimate of drug-likeness (QED) is 0.0737. The molecule has 0 fully saturated rings. The molecule has 262 valence electrons. The van der Waals surface area contributed by atoms with E-state index in [0.29, 0.717) is 22.8 Å². The van der Waals surface area contributed by atoms with Crippen molar-refractivity contribution in [3.8, 4) is 22.8 Å². The zero-order chi connectivity index (χ0) is 35.6. The molecule has 0 amide bonds. The van der Waals surface area contributed by atoms with E-state index in [1.54, 1.807) is 0 Å². The normalized spacial score (nSPS) is 11.1. The first-order valence-electron chi connectivity index (χ1n) is 13.2. The van der Waals surface area contributed by atoms with Crippen LogP contribution in [-0.2, 0) is 43.5 Å². The molecule has 0 spiro atoms. The molecule has 2 atom stereocenters. The van der Waals surface area contributed by atoms with Gasteiger partial charge in [0.15, 0.2) is 12.6 Å². The van der Waals surface area contributed by atoms with E-state index in [2.05, 4.69) is 43.9 Å². The summed E-state index contributed by atoms with van der Waals surface area (Å²) < 4.78 is 8.88. The molecule has 0 aliphatic heterocycles. The molecule has 4 aromatic heterocycles. The number of aromatic carboxylic acids is 1. The number of aliphatic hydroxyl groups excluding tert-OH is 2. The molecule has 19 nitrogen and oxygen atoms in total. The molecule has 0 aliphatic carbocycles. The van der Waals surface area contributed by atoms with Crippen LogP contribution in [0.5, 0.6) is 0 Å². The van der Waals surface area contributed by atoms with Gasteiger partial charge >= 0.3 is 17.9 Å². The number of carboxylic acid groups (broad SMARTS) is 1. The predicted octanol–water partition coefficient (Wildman–Crippen LogP) is -0.954. The minimum absolute atomic E-state index is 0. The average Bonchev–Trinajstić information content (AvgIpc) is 3.14. The SMILES string of the molecule is COC(O)CC(O)OC.NOC(=O)c1ccnc(-c2cc(C(=O)ON)ccn2)c1.NOC(=O)c1ccnc(-c2cc(C(=O)[O-])ccn2)c1.[Ru]. The summed E-state index contributed by atoms with van der Waals surface area (Å²) in [6.45, 7) is 0. The number of hydrogen-bond acceptors (Lipinski definition) is 19. The Bertz CT molecular complexity index is 1630. The largest absolute Gasteiger partial charge is 0.545 e. The Labute approximate surface area is 290 Å². The fourth-order valence-corrected chi connectivity index (χ4v) is 3.36. The minimum atomic E-state index is -1.32. The number of nitrogens with zero attached hydrogens (tertiary/aromatic N) is 4. The van der Waals surface area contributed by atoms with Gasteiger partial charge in [0, 0.05) is 70.5 Å². The number of aliphatic hydroxyl groups is 2. The van der Waals surface area contributed by atoms with Gasteiger partial charge in [-0.3, -0.25) is 19.9 Å². The molecule has 0 aliphatic rings. The molecule has 0 saturated heterocycles. The molecule has 0 saturated carbocycles. The topological polar surface area (TPSA) is 308 Å². The average molecular weight is 770 g/mol. The van der Waals surface area contributed by atoms with Crippen LogP contribution in [0.4, 0.5) is 0 Å². The molecule has 2 unspecified atom stereocenters. The Morgan fingerprint density at radius 3 is 1.12 bits per heavy atom. The maximum atomic E-state index is 11.3. The fourth-order valence-electron chi connectivity index (χ4n) is 3.36. The van der Waals surface area contributed by atoms with Crippen molar-refractivity contribution in [2.45, 2.75) is 19.0 Å². The van der Waals surface area contributed by atoms with Crippen molar-refractivity contribution >= 4 is 23.9 Å². The Hall–Kier alpha value is -5.18. The molecule has 8 N–H and O–H groups in total. The van der Waals surface area contributed by atoms with E-state index in [0.717, 1.165) is 0 Å². The number of nitrogens with two attached hydrogens (primary N) is 3. The number of carboxylic acids is 1. The van der Waals surface area contributed by atoms with Gasteiger partial charge in [-0.15, -0.1) is 0 Å². The Morgan fingerprint density at radius 1 is 0.612 bits per heavy atom. The van der Waals surface area contributed by atoms with Crippen molar-refractivity contribution in [3.63, 3.8) is 0 Å². The van der Waals surface area contributed by atoms with Crippen molar-refractivity contribution in [2.75, 3.05) is 14.2 Å². The van der Waals surface area contributed by atoms with Crippen LogP contribution < -0.4 is 22.8 Å². The third-order valence-corrected chi connectivity index (χ3v) is 5.78. The number of aromatic nitrogens is 4. The van der Waals surface area contributed by atoms with E-state index >= 15 is 0 Å². The molecule has 0 radical (unpaired) electrons. The third kappa shape index (κ3) is 13.5. The van der Waals surface area contributed by atoms with Gasteiger partial charge in [-0.1, -0.05) is 0 Å². The summed E-state index contributed by atoms with van der Waals surface area (Å²) in [4.78, 5) is 73.1. The number of rotatable bonds is 10. The van der Waals surface area contributed by atoms with Crippen LogP contribution in [0.1, 0.15) is 47.9 Å². The van der Waals surface area contributed by atoms with Crippen LogP contribution >= 0.6 is 0 Å². The van der Waals surface area contributed by atoms with Crippen LogP contribution in [0.25, 0.3) is 22.8 Å². The summed E-state index contributed by atoms with van der Waals surface area (Å²) in [7, 11) is 2.71. The van der Waals surface area contributed by atoms with Crippen molar-refractivity contribution in [2.24, 2.45) is 17.7 Å². The third-order valence-electron chi connectivity index (χ3n) is 5.78. The second-order valence-electron chi connectivity index (χ2n) is 8.84. The van der Waals surface area contributed by atoms with Crippen molar-refractivity contribution < 1.29 is 78.0 Å². The van der Waals surface area contributed by atoms with Gasteiger partial charge in [0.1, 0.15) is 0 Å². The van der Waals surface area contributed by atoms with Crippen LogP contribution in [0, 0.1) is 0 Å². The number of pyridine rings is 4. The van der Waals surface area contributed by atoms with E-state index in [-0.39, 0.29) is 48.2 Å². The van der Waals surface area contributed by atoms with E-state index < -0.39 is 36.5 Å². The van der Waals surface area contributed by atoms with E-state index in [9.17, 15) is 24.3 Å². The minimum Gasteiger partial charge on any atom is -0.545 e. The van der Waals surface area contributed by atoms with Gasteiger partial charge in [0.2, 0.25) is 0 Å². The molecule has 0 bridgehead atoms. The molecular weight excluding hydrogens is 739 g/mol. The summed E-state index contributed by atoms with van der Waals surface area (Å²) >= 11 is 0. The Kier molecular flexibility index (Phi) is 18.5. The van der Waals surface area contributed by atoms with Crippen LogP contribution in [0.15, 0.2) is 73.3 Å². The van der Waals surface area contributed by atoms with Crippen LogP contribution in [0.2, 0.25) is 0 Å². The van der Waals surface area contributed by atoms with Gasteiger partial charge in [-0.2, -0.15) is 17.7 Å². The van der Waals surface area contributed by atoms with Crippen molar-refractivity contribution in [3.05, 3.63) is 95.6 Å². The van der Waals surface area contributed by atoms with E-state index in [1.165, 1.54) is 87.5 Å². The van der Waals surface area contributed by atoms with E-state index in [1.807, 2.05) is 0 Å². The first-order valence-corrected chi connectivity index (χ1v) is 13.2. The van der Waals surface area contributed by atoms with Gasteiger partial charge in [-0.05, 0) is 48.5 Å². The van der Waals surface area contributed by atoms with Gasteiger partial charge in [0.05, 0.1) is 45.4 Å².